The maximum atomic E-state index is 13.4. The molecule has 0 aliphatic heterocycles. The highest BCUT2D eigenvalue weighted by molar-refractivity contribution is 5.17. The largest absolute Gasteiger partial charge is 0.316 e. The van der Waals surface area contributed by atoms with Crippen LogP contribution in [0.1, 0.15) is 45.1 Å². The Kier molecular flexibility index (Phi) is 7.66. The van der Waals surface area contributed by atoms with Gasteiger partial charge < -0.3 is 5.32 Å². The number of rotatable bonds is 9. The van der Waals surface area contributed by atoms with Crippen molar-refractivity contribution in [1.82, 2.24) is 5.32 Å². The molecule has 1 N–H and O–H groups in total. The zero-order valence-electron chi connectivity index (χ0n) is 11.7. The SMILES string of the molecule is CCCCC(CC)CNCCc1ccccc1F. The Hall–Kier alpha value is -0.890. The summed E-state index contributed by atoms with van der Waals surface area (Å²) in [4.78, 5) is 0. The molecule has 0 saturated carbocycles. The third-order valence-corrected chi connectivity index (χ3v) is 3.51. The predicted octanol–water partition coefficient (Wildman–Crippen LogP) is 4.17. The van der Waals surface area contributed by atoms with Gasteiger partial charge in [-0.2, -0.15) is 0 Å². The number of halogens is 1. The van der Waals surface area contributed by atoms with Crippen LogP contribution in [-0.4, -0.2) is 13.1 Å². The standard InChI is InChI=1S/C16H26FN/c1-3-5-8-14(4-2)13-18-12-11-15-9-6-7-10-16(15)17/h6-7,9-10,14,18H,3-5,8,11-13H2,1-2H3. The zero-order valence-corrected chi connectivity index (χ0v) is 11.7. The molecule has 2 heteroatoms. The molecule has 0 radical (unpaired) electrons. The van der Waals surface area contributed by atoms with E-state index in [1.165, 1.54) is 31.7 Å². The van der Waals surface area contributed by atoms with Crippen molar-refractivity contribution in [3.8, 4) is 0 Å². The summed E-state index contributed by atoms with van der Waals surface area (Å²) in [7, 11) is 0. The fourth-order valence-corrected chi connectivity index (χ4v) is 2.17. The Bertz CT molecular complexity index is 325. The molecular formula is C16H26FN. The summed E-state index contributed by atoms with van der Waals surface area (Å²) >= 11 is 0. The van der Waals surface area contributed by atoms with E-state index in [4.69, 9.17) is 0 Å². The molecule has 0 bridgehead atoms. The second-order valence-corrected chi connectivity index (χ2v) is 4.96. The Morgan fingerprint density at radius 1 is 1.22 bits per heavy atom. The van der Waals surface area contributed by atoms with E-state index >= 15 is 0 Å². The second-order valence-electron chi connectivity index (χ2n) is 4.96. The van der Waals surface area contributed by atoms with E-state index in [1.54, 1.807) is 6.07 Å². The van der Waals surface area contributed by atoms with Gasteiger partial charge in [0.1, 0.15) is 5.82 Å². The minimum absolute atomic E-state index is 0.0858. The fraction of sp³-hybridized carbons (Fsp3) is 0.625. The van der Waals surface area contributed by atoms with Gasteiger partial charge in [0.25, 0.3) is 0 Å². The van der Waals surface area contributed by atoms with Crippen LogP contribution in [0.2, 0.25) is 0 Å². The van der Waals surface area contributed by atoms with E-state index in [-0.39, 0.29) is 5.82 Å². The van der Waals surface area contributed by atoms with Crippen LogP contribution >= 0.6 is 0 Å². The lowest BCUT2D eigenvalue weighted by Gasteiger charge is -2.15. The van der Waals surface area contributed by atoms with Crippen LogP contribution < -0.4 is 5.32 Å². The summed E-state index contributed by atoms with van der Waals surface area (Å²) in [6.45, 7) is 6.41. The molecular weight excluding hydrogens is 225 g/mol. The summed E-state index contributed by atoms with van der Waals surface area (Å²) in [6, 6.07) is 7.04. The van der Waals surface area contributed by atoms with Gasteiger partial charge in [-0.1, -0.05) is 51.3 Å². The van der Waals surface area contributed by atoms with Crippen molar-refractivity contribution >= 4 is 0 Å². The third-order valence-electron chi connectivity index (χ3n) is 3.51. The second kappa shape index (κ2) is 9.09. The van der Waals surface area contributed by atoms with Crippen molar-refractivity contribution in [1.29, 1.82) is 0 Å². The fourth-order valence-electron chi connectivity index (χ4n) is 2.17. The molecule has 1 aromatic carbocycles. The van der Waals surface area contributed by atoms with Crippen LogP contribution in [0.4, 0.5) is 4.39 Å². The van der Waals surface area contributed by atoms with Crippen LogP contribution in [0.5, 0.6) is 0 Å². The molecule has 1 nitrogen and oxygen atoms in total. The van der Waals surface area contributed by atoms with Crippen molar-refractivity contribution in [3.05, 3.63) is 35.6 Å². The van der Waals surface area contributed by atoms with Gasteiger partial charge in [-0.25, -0.2) is 4.39 Å². The normalized spacial score (nSPS) is 12.6. The summed E-state index contributed by atoms with van der Waals surface area (Å²) < 4.78 is 13.4. The highest BCUT2D eigenvalue weighted by Gasteiger charge is 2.05. The topological polar surface area (TPSA) is 12.0 Å². The number of nitrogens with one attached hydrogen (secondary N) is 1. The molecule has 1 unspecified atom stereocenters. The summed E-state index contributed by atoms with van der Waals surface area (Å²) in [5.41, 5.74) is 0.812. The zero-order chi connectivity index (χ0) is 13.2. The molecule has 0 amide bonds. The van der Waals surface area contributed by atoms with E-state index in [0.717, 1.165) is 31.0 Å². The Morgan fingerprint density at radius 3 is 2.67 bits per heavy atom. The number of benzene rings is 1. The highest BCUT2D eigenvalue weighted by Crippen LogP contribution is 2.11. The average Bonchev–Trinajstić information content (AvgIpc) is 2.40. The molecule has 1 aromatic rings. The molecule has 0 fully saturated rings. The molecule has 1 rings (SSSR count). The first-order valence-corrected chi connectivity index (χ1v) is 7.22. The van der Waals surface area contributed by atoms with E-state index in [0.29, 0.717) is 0 Å². The molecule has 0 aliphatic carbocycles. The monoisotopic (exact) mass is 251 g/mol. The smallest absolute Gasteiger partial charge is 0.126 e. The first-order valence-electron chi connectivity index (χ1n) is 7.22. The van der Waals surface area contributed by atoms with Gasteiger partial charge in [-0.05, 0) is 43.5 Å². The molecule has 1 atom stereocenters. The van der Waals surface area contributed by atoms with Crippen LogP contribution in [0, 0.1) is 11.7 Å². The van der Waals surface area contributed by atoms with Gasteiger partial charge >= 0.3 is 0 Å². The third kappa shape index (κ3) is 5.63. The van der Waals surface area contributed by atoms with Crippen molar-refractivity contribution < 1.29 is 4.39 Å². The van der Waals surface area contributed by atoms with Gasteiger partial charge in [-0.15, -0.1) is 0 Å². The lowest BCUT2D eigenvalue weighted by atomic mass is 9.99. The lowest BCUT2D eigenvalue weighted by Crippen LogP contribution is -2.25. The molecule has 0 heterocycles. The van der Waals surface area contributed by atoms with E-state index in [1.807, 2.05) is 12.1 Å². The molecule has 0 aliphatic rings. The molecule has 0 saturated heterocycles. The Labute approximate surface area is 111 Å². The maximum Gasteiger partial charge on any atom is 0.126 e. The molecule has 102 valence electrons. The van der Waals surface area contributed by atoms with Crippen molar-refractivity contribution in [2.75, 3.05) is 13.1 Å². The van der Waals surface area contributed by atoms with Crippen LogP contribution in [0.15, 0.2) is 24.3 Å². The molecule has 18 heavy (non-hydrogen) atoms. The maximum absolute atomic E-state index is 13.4. The van der Waals surface area contributed by atoms with Gasteiger partial charge in [0, 0.05) is 0 Å². The van der Waals surface area contributed by atoms with Crippen molar-refractivity contribution in [2.24, 2.45) is 5.92 Å². The van der Waals surface area contributed by atoms with Gasteiger partial charge in [0.15, 0.2) is 0 Å². The quantitative estimate of drug-likeness (QED) is 0.649. The number of unbranched alkanes of at least 4 members (excludes halogenated alkanes) is 1. The van der Waals surface area contributed by atoms with Crippen LogP contribution in [0.25, 0.3) is 0 Å². The Balaban J connectivity index is 2.19. The van der Waals surface area contributed by atoms with Gasteiger partial charge in [-0.3, -0.25) is 0 Å². The summed E-state index contributed by atoms with van der Waals surface area (Å²) in [5, 5.41) is 3.45. The van der Waals surface area contributed by atoms with Crippen LogP contribution in [-0.2, 0) is 6.42 Å². The van der Waals surface area contributed by atoms with E-state index in [2.05, 4.69) is 19.2 Å². The minimum atomic E-state index is -0.0858. The molecule has 0 spiro atoms. The first kappa shape index (κ1) is 15.2. The molecule has 0 aromatic heterocycles. The highest BCUT2D eigenvalue weighted by atomic mass is 19.1. The first-order chi connectivity index (χ1) is 8.77. The van der Waals surface area contributed by atoms with Crippen LogP contribution in [0.3, 0.4) is 0 Å². The average molecular weight is 251 g/mol. The number of hydrogen-bond acceptors (Lipinski definition) is 1. The summed E-state index contributed by atoms with van der Waals surface area (Å²) in [5.74, 6) is 0.683. The van der Waals surface area contributed by atoms with E-state index in [9.17, 15) is 4.39 Å². The van der Waals surface area contributed by atoms with Gasteiger partial charge in [0.05, 0.1) is 0 Å². The van der Waals surface area contributed by atoms with E-state index < -0.39 is 0 Å². The van der Waals surface area contributed by atoms with Crippen molar-refractivity contribution in [3.63, 3.8) is 0 Å². The Morgan fingerprint density at radius 2 is 2.00 bits per heavy atom. The predicted molar refractivity (Wildman–Crippen MR) is 76.3 cm³/mol. The summed E-state index contributed by atoms with van der Waals surface area (Å²) in [6.07, 6.45) is 5.89. The van der Waals surface area contributed by atoms with Gasteiger partial charge in [0.2, 0.25) is 0 Å². The van der Waals surface area contributed by atoms with Crippen molar-refractivity contribution in [2.45, 2.75) is 46.0 Å². The number of hydrogen-bond donors (Lipinski definition) is 1. The lowest BCUT2D eigenvalue weighted by molar-refractivity contribution is 0.420. The minimum Gasteiger partial charge on any atom is -0.316 e.